The molecule has 1 aromatic heterocycles. The van der Waals surface area contributed by atoms with E-state index in [-0.39, 0.29) is 11.9 Å². The van der Waals surface area contributed by atoms with Gasteiger partial charge in [-0.1, -0.05) is 25.9 Å². The zero-order valence-corrected chi connectivity index (χ0v) is 12.6. The third-order valence-corrected chi connectivity index (χ3v) is 3.65. The fourth-order valence-electron chi connectivity index (χ4n) is 2.65. The summed E-state index contributed by atoms with van der Waals surface area (Å²) in [4.78, 5) is 18.2. The van der Waals surface area contributed by atoms with Crippen LogP contribution < -0.4 is 0 Å². The number of esters is 1. The number of rotatable bonds is 5. The molecule has 0 saturated carbocycles. The molecule has 0 aliphatic carbocycles. The van der Waals surface area contributed by atoms with Crippen LogP contribution in [-0.2, 0) is 22.5 Å². The first-order chi connectivity index (χ1) is 9.49. The van der Waals surface area contributed by atoms with Gasteiger partial charge in [0.25, 0.3) is 0 Å². The predicted molar refractivity (Wildman–Crippen MR) is 72.8 cm³/mol. The summed E-state index contributed by atoms with van der Waals surface area (Å²) in [6, 6.07) is 0. The molecule has 6 nitrogen and oxygen atoms in total. The maximum atomic E-state index is 11.6. The van der Waals surface area contributed by atoms with E-state index in [1.165, 1.54) is 7.11 Å². The summed E-state index contributed by atoms with van der Waals surface area (Å²) in [5.74, 6) is 1.99. The van der Waals surface area contributed by atoms with Crippen molar-refractivity contribution >= 4 is 5.97 Å². The highest BCUT2D eigenvalue weighted by Gasteiger charge is 2.36. The molecule has 1 saturated heterocycles. The molecule has 1 aromatic rings. The summed E-state index contributed by atoms with van der Waals surface area (Å²) < 4.78 is 10.1. The molecule has 2 rings (SSSR count). The Kier molecular flexibility index (Phi) is 4.75. The Morgan fingerprint density at radius 3 is 2.90 bits per heavy atom. The van der Waals surface area contributed by atoms with Gasteiger partial charge in [0.05, 0.1) is 19.6 Å². The molecule has 2 atom stereocenters. The molecule has 0 aromatic carbocycles. The monoisotopic (exact) mass is 281 g/mol. The van der Waals surface area contributed by atoms with Gasteiger partial charge in [0.2, 0.25) is 5.89 Å². The van der Waals surface area contributed by atoms with Crippen molar-refractivity contribution in [3.8, 4) is 0 Å². The van der Waals surface area contributed by atoms with Crippen molar-refractivity contribution in [2.75, 3.05) is 20.2 Å². The van der Waals surface area contributed by atoms with Crippen molar-refractivity contribution in [1.82, 2.24) is 15.0 Å². The zero-order chi connectivity index (χ0) is 14.7. The van der Waals surface area contributed by atoms with E-state index in [9.17, 15) is 4.79 Å². The second-order valence-corrected chi connectivity index (χ2v) is 6.00. The summed E-state index contributed by atoms with van der Waals surface area (Å²) in [5, 5.41) is 3.98. The molecule has 1 fully saturated rings. The summed E-state index contributed by atoms with van der Waals surface area (Å²) in [7, 11) is 1.44. The third-order valence-electron chi connectivity index (χ3n) is 3.65. The highest BCUT2D eigenvalue weighted by molar-refractivity contribution is 5.73. The molecular formula is C14H23N3O3. The van der Waals surface area contributed by atoms with Gasteiger partial charge in [-0.15, -0.1) is 0 Å². The maximum absolute atomic E-state index is 11.6. The van der Waals surface area contributed by atoms with Crippen molar-refractivity contribution in [2.45, 2.75) is 33.7 Å². The number of nitrogens with zero attached hydrogens (tertiary/aromatic N) is 3. The lowest BCUT2D eigenvalue weighted by Gasteiger charge is -2.12. The van der Waals surface area contributed by atoms with Crippen LogP contribution in [0.25, 0.3) is 0 Å². The number of hydrogen-bond acceptors (Lipinski definition) is 6. The van der Waals surface area contributed by atoms with E-state index in [2.05, 4.69) is 35.8 Å². The Balaban J connectivity index is 1.91. The fraction of sp³-hybridized carbons (Fsp3) is 0.786. The summed E-state index contributed by atoms with van der Waals surface area (Å²) in [6.07, 6.45) is 0.824. The van der Waals surface area contributed by atoms with Crippen LogP contribution in [0.4, 0.5) is 0 Å². The van der Waals surface area contributed by atoms with Crippen molar-refractivity contribution in [1.29, 1.82) is 0 Å². The van der Waals surface area contributed by atoms with Gasteiger partial charge < -0.3 is 9.26 Å². The molecule has 6 heteroatoms. The molecule has 0 amide bonds. The van der Waals surface area contributed by atoms with Crippen LogP contribution in [0, 0.1) is 17.8 Å². The van der Waals surface area contributed by atoms with Gasteiger partial charge >= 0.3 is 5.97 Å². The molecule has 2 unspecified atom stereocenters. The molecule has 0 spiro atoms. The first kappa shape index (κ1) is 15.0. The summed E-state index contributed by atoms with van der Waals surface area (Å²) >= 11 is 0. The lowest BCUT2D eigenvalue weighted by atomic mass is 9.99. The van der Waals surface area contributed by atoms with Gasteiger partial charge in [0.15, 0.2) is 5.82 Å². The van der Waals surface area contributed by atoms with Crippen molar-refractivity contribution in [2.24, 2.45) is 17.8 Å². The number of ether oxygens (including phenoxy) is 1. The quantitative estimate of drug-likeness (QED) is 0.762. The SMILES string of the molecule is COC(=O)C1CN(Cc2nc(CC(C)C)no2)CC1C. The largest absolute Gasteiger partial charge is 0.469 e. The highest BCUT2D eigenvalue weighted by Crippen LogP contribution is 2.25. The Labute approximate surface area is 119 Å². The normalized spacial score (nSPS) is 23.4. The van der Waals surface area contributed by atoms with Gasteiger partial charge in [-0.2, -0.15) is 4.98 Å². The number of methoxy groups -OCH3 is 1. The number of likely N-dealkylation sites (tertiary alicyclic amines) is 1. The van der Waals surface area contributed by atoms with E-state index < -0.39 is 0 Å². The number of carbonyl (C=O) groups is 1. The molecule has 0 radical (unpaired) electrons. The van der Waals surface area contributed by atoms with E-state index in [1.54, 1.807) is 0 Å². The van der Waals surface area contributed by atoms with Crippen LogP contribution in [0.2, 0.25) is 0 Å². The molecule has 1 aliphatic heterocycles. The van der Waals surface area contributed by atoms with Crippen LogP contribution in [0.1, 0.15) is 32.5 Å². The lowest BCUT2D eigenvalue weighted by Crippen LogP contribution is -2.24. The van der Waals surface area contributed by atoms with Crippen LogP contribution in [0.5, 0.6) is 0 Å². The first-order valence-corrected chi connectivity index (χ1v) is 7.11. The van der Waals surface area contributed by atoms with Crippen LogP contribution >= 0.6 is 0 Å². The minimum Gasteiger partial charge on any atom is -0.469 e. The van der Waals surface area contributed by atoms with Crippen LogP contribution in [-0.4, -0.2) is 41.2 Å². The Bertz CT molecular complexity index is 458. The second kappa shape index (κ2) is 6.35. The molecule has 0 N–H and O–H groups in total. The Morgan fingerprint density at radius 1 is 1.50 bits per heavy atom. The van der Waals surface area contributed by atoms with Crippen molar-refractivity contribution < 1.29 is 14.1 Å². The van der Waals surface area contributed by atoms with Gasteiger partial charge in [-0.25, -0.2) is 0 Å². The first-order valence-electron chi connectivity index (χ1n) is 7.11. The zero-order valence-electron chi connectivity index (χ0n) is 12.6. The fourth-order valence-corrected chi connectivity index (χ4v) is 2.65. The van der Waals surface area contributed by atoms with Crippen LogP contribution in [0.3, 0.4) is 0 Å². The van der Waals surface area contributed by atoms with Gasteiger partial charge in [-0.3, -0.25) is 9.69 Å². The number of carbonyl (C=O) groups excluding carboxylic acids is 1. The molecule has 2 heterocycles. The number of aromatic nitrogens is 2. The smallest absolute Gasteiger partial charge is 0.310 e. The lowest BCUT2D eigenvalue weighted by molar-refractivity contribution is -0.146. The minimum atomic E-state index is -0.133. The van der Waals surface area contributed by atoms with E-state index in [0.717, 1.165) is 18.8 Å². The summed E-state index contributed by atoms with van der Waals surface area (Å²) in [6.45, 7) is 8.46. The second-order valence-electron chi connectivity index (χ2n) is 6.00. The van der Waals surface area contributed by atoms with Gasteiger partial charge in [-0.05, 0) is 11.8 Å². The topological polar surface area (TPSA) is 68.5 Å². The van der Waals surface area contributed by atoms with Crippen molar-refractivity contribution in [3.05, 3.63) is 11.7 Å². The van der Waals surface area contributed by atoms with Gasteiger partial charge in [0.1, 0.15) is 0 Å². The molecule has 112 valence electrons. The Hall–Kier alpha value is -1.43. The highest BCUT2D eigenvalue weighted by atomic mass is 16.5. The maximum Gasteiger partial charge on any atom is 0.310 e. The molecular weight excluding hydrogens is 258 g/mol. The standard InChI is InChI=1S/C14H23N3O3/c1-9(2)5-12-15-13(20-16-12)8-17-6-10(3)11(7-17)14(18)19-4/h9-11H,5-8H2,1-4H3. The molecule has 20 heavy (non-hydrogen) atoms. The van der Waals surface area contributed by atoms with Crippen LogP contribution in [0.15, 0.2) is 4.52 Å². The Morgan fingerprint density at radius 2 is 2.25 bits per heavy atom. The minimum absolute atomic E-state index is 0.0574. The molecule has 0 bridgehead atoms. The van der Waals surface area contributed by atoms with Crippen molar-refractivity contribution in [3.63, 3.8) is 0 Å². The predicted octanol–water partition coefficient (Wildman–Crippen LogP) is 1.51. The average Bonchev–Trinajstić information content (AvgIpc) is 2.95. The number of hydrogen-bond donors (Lipinski definition) is 0. The summed E-state index contributed by atoms with van der Waals surface area (Å²) in [5.41, 5.74) is 0. The molecule has 1 aliphatic rings. The van der Waals surface area contributed by atoms with E-state index in [4.69, 9.17) is 9.26 Å². The van der Waals surface area contributed by atoms with E-state index >= 15 is 0 Å². The van der Waals surface area contributed by atoms with E-state index in [0.29, 0.717) is 30.8 Å². The van der Waals surface area contributed by atoms with E-state index in [1.807, 2.05) is 0 Å². The third kappa shape index (κ3) is 3.56. The average molecular weight is 281 g/mol. The van der Waals surface area contributed by atoms with Gasteiger partial charge in [0, 0.05) is 19.5 Å².